The van der Waals surface area contributed by atoms with E-state index in [1.807, 2.05) is 13.8 Å². The number of Topliss-reactive ketones (excluding diaryl/α,β-unsaturated/α-hetero) is 2. The molecule has 0 saturated heterocycles. The molecule has 0 spiro atoms. The minimum absolute atomic E-state index is 0.0217. The van der Waals surface area contributed by atoms with Crippen LogP contribution in [0.5, 0.6) is 0 Å². The normalized spacial score (nSPS) is 42.0. The van der Waals surface area contributed by atoms with Crippen LogP contribution in [0.25, 0.3) is 0 Å². The Morgan fingerprint density at radius 3 is 2.23 bits per heavy atom. The lowest BCUT2D eigenvalue weighted by Gasteiger charge is -2.69. The van der Waals surface area contributed by atoms with Gasteiger partial charge in [0.1, 0.15) is 0 Å². The van der Waals surface area contributed by atoms with Gasteiger partial charge in [-0.05, 0) is 91.1 Å². The number of hydrogen-bond donors (Lipinski definition) is 0. The Bertz CT molecular complexity index is 1480. The van der Waals surface area contributed by atoms with Crippen LogP contribution >= 0.6 is 0 Å². The summed E-state index contributed by atoms with van der Waals surface area (Å²) >= 11 is 0. The van der Waals surface area contributed by atoms with Crippen molar-refractivity contribution in [2.45, 2.75) is 113 Å². The summed E-state index contributed by atoms with van der Waals surface area (Å²) in [5, 5.41) is 1.09. The van der Waals surface area contributed by atoms with Crippen LogP contribution in [-0.4, -0.2) is 44.6 Å². The van der Waals surface area contributed by atoms with E-state index in [0.29, 0.717) is 44.9 Å². The van der Waals surface area contributed by atoms with Crippen molar-refractivity contribution in [3.63, 3.8) is 0 Å². The van der Waals surface area contributed by atoms with E-state index in [1.54, 1.807) is 19.9 Å². The summed E-state index contributed by atoms with van der Waals surface area (Å²) in [7, 11) is -2.34. The van der Waals surface area contributed by atoms with Gasteiger partial charge in [-0.3, -0.25) is 19.2 Å². The fourth-order valence-electron chi connectivity index (χ4n) is 10.9. The summed E-state index contributed by atoms with van der Waals surface area (Å²) in [5.74, 6) is -2.60. The minimum atomic E-state index is -3.78. The summed E-state index contributed by atoms with van der Waals surface area (Å²) in [6.07, 6.45) is 7.79. The van der Waals surface area contributed by atoms with Crippen molar-refractivity contribution < 1.29 is 32.3 Å². The Balaban J connectivity index is 1.74. The van der Waals surface area contributed by atoms with Crippen molar-refractivity contribution in [2.24, 2.45) is 50.2 Å². The second kappa shape index (κ2) is 10.2. The third kappa shape index (κ3) is 4.35. The molecule has 0 amide bonds. The number of ketones is 3. The monoisotopic (exact) mass is 628 g/mol. The van der Waals surface area contributed by atoms with Gasteiger partial charge in [0.15, 0.2) is 15.6 Å². The first-order valence-corrected chi connectivity index (χ1v) is 18.3. The molecular weight excluding hydrogens is 576 g/mol. The molecule has 4 saturated carbocycles. The lowest BCUT2D eigenvalue weighted by atomic mass is 9.33. The summed E-state index contributed by atoms with van der Waals surface area (Å²) < 4.78 is 32.1. The van der Waals surface area contributed by atoms with Gasteiger partial charge in [-0.25, -0.2) is 8.42 Å². The first-order chi connectivity index (χ1) is 20.2. The number of carbonyl (C=O) groups is 4. The zero-order valence-electron chi connectivity index (χ0n) is 28.2. The molecule has 0 radical (unpaired) electrons. The number of rotatable bonds is 5. The van der Waals surface area contributed by atoms with E-state index in [1.165, 1.54) is 7.11 Å². The number of methoxy groups -OCH3 is 1. The van der Waals surface area contributed by atoms with Crippen molar-refractivity contribution in [3.05, 3.63) is 22.6 Å². The Hall–Kier alpha value is -2.09. The second-order valence-corrected chi connectivity index (χ2v) is 18.7. The molecule has 5 aliphatic carbocycles. The number of sulfone groups is 1. The van der Waals surface area contributed by atoms with Crippen molar-refractivity contribution in [1.29, 1.82) is 0 Å². The molecule has 4 fully saturated rings. The molecule has 5 rings (SSSR count). The molecule has 0 aromatic rings. The molecule has 244 valence electrons. The smallest absolute Gasteiger partial charge is 0.312 e. The van der Waals surface area contributed by atoms with E-state index in [4.69, 9.17) is 4.74 Å². The Labute approximate surface area is 263 Å². The Morgan fingerprint density at radius 2 is 1.61 bits per heavy atom. The van der Waals surface area contributed by atoms with Crippen LogP contribution in [0.3, 0.4) is 0 Å². The maximum atomic E-state index is 14.7. The van der Waals surface area contributed by atoms with Crippen LogP contribution in [-0.2, 0) is 33.8 Å². The van der Waals surface area contributed by atoms with E-state index in [-0.39, 0.29) is 40.3 Å². The predicted molar refractivity (Wildman–Crippen MR) is 169 cm³/mol. The van der Waals surface area contributed by atoms with E-state index in [0.717, 1.165) is 23.8 Å². The lowest BCUT2D eigenvalue weighted by Crippen LogP contribution is -2.67. The molecular formula is C36H52O7S. The van der Waals surface area contributed by atoms with Gasteiger partial charge in [0.05, 0.1) is 18.3 Å². The quantitative estimate of drug-likeness (QED) is 0.192. The Morgan fingerprint density at radius 1 is 0.977 bits per heavy atom. The third-order valence-electron chi connectivity index (χ3n) is 13.7. The summed E-state index contributed by atoms with van der Waals surface area (Å²) in [5.41, 5.74) is -3.13. The minimum Gasteiger partial charge on any atom is -0.469 e. The highest BCUT2D eigenvalue weighted by molar-refractivity contribution is 7.94. The average Bonchev–Trinajstić information content (AvgIpc) is 2.94. The van der Waals surface area contributed by atoms with Crippen LogP contribution in [0, 0.1) is 50.2 Å². The SMILES string of the molecule is CCCCS(=O)(=O)/C=C1\C(=O)C(=O)C(C)(C)C2CCC3(C)C(=CC(=O)C4C5CC(C)(C)CCC5(C(=O)OC)CC[C@]43C)C12C. The molecule has 7 nitrogen and oxygen atoms in total. The summed E-state index contributed by atoms with van der Waals surface area (Å²) in [6, 6.07) is 0. The lowest BCUT2D eigenvalue weighted by molar-refractivity contribution is -0.191. The van der Waals surface area contributed by atoms with Gasteiger partial charge in [-0.15, -0.1) is 0 Å². The highest BCUT2D eigenvalue weighted by atomic mass is 32.2. The average molecular weight is 629 g/mol. The van der Waals surface area contributed by atoms with Crippen LogP contribution in [0.2, 0.25) is 0 Å². The van der Waals surface area contributed by atoms with Gasteiger partial charge in [-0.2, -0.15) is 0 Å². The largest absolute Gasteiger partial charge is 0.469 e. The Kier molecular flexibility index (Phi) is 7.72. The van der Waals surface area contributed by atoms with E-state index < -0.39 is 54.4 Å². The highest BCUT2D eigenvalue weighted by Crippen LogP contribution is 2.75. The number of unbranched alkanes of at least 4 members (excludes halogenated alkanes) is 1. The molecule has 6 unspecified atom stereocenters. The molecule has 0 heterocycles. The van der Waals surface area contributed by atoms with Gasteiger partial charge in [0.2, 0.25) is 11.6 Å². The molecule has 8 heteroatoms. The number of allylic oxidation sites excluding steroid dienone is 3. The number of ether oxygens (including phenoxy) is 1. The molecule has 0 aliphatic heterocycles. The molecule has 44 heavy (non-hydrogen) atoms. The molecule has 5 aliphatic rings. The van der Waals surface area contributed by atoms with E-state index in [9.17, 15) is 27.6 Å². The predicted octanol–water partition coefficient (Wildman–Crippen LogP) is 6.60. The van der Waals surface area contributed by atoms with E-state index >= 15 is 0 Å². The number of hydrogen-bond acceptors (Lipinski definition) is 7. The van der Waals surface area contributed by atoms with Crippen LogP contribution in [0.4, 0.5) is 0 Å². The molecule has 0 N–H and O–H groups in total. The van der Waals surface area contributed by atoms with Crippen molar-refractivity contribution in [2.75, 3.05) is 12.9 Å². The summed E-state index contributed by atoms with van der Waals surface area (Å²) in [4.78, 5) is 55.7. The standard InChI is InChI=1S/C36H52O7S/c1-10-11-18-44(41,42)21-23-28(38)29(39)32(4,5)25-12-13-33(6)26(35(23,25)8)19-24(37)27-22-20-31(2,3)14-16-36(22,30(40)43-9)17-15-34(27,33)7/h19,21-22,25,27H,10-18,20H2,1-9H3/b23-21+/t22?,25?,27?,33?,34-,35?,36?/m1/s1. The van der Waals surface area contributed by atoms with Gasteiger partial charge in [0.25, 0.3) is 0 Å². The fraction of sp³-hybridized carbons (Fsp3) is 0.778. The summed E-state index contributed by atoms with van der Waals surface area (Å²) in [6.45, 7) is 16.2. The molecule has 7 atom stereocenters. The molecule has 0 aromatic heterocycles. The second-order valence-electron chi connectivity index (χ2n) is 16.7. The zero-order chi connectivity index (χ0) is 32.9. The fourth-order valence-corrected chi connectivity index (χ4v) is 12.4. The number of fused-ring (bicyclic) bond motifs is 7. The van der Waals surface area contributed by atoms with Crippen molar-refractivity contribution in [3.8, 4) is 0 Å². The maximum Gasteiger partial charge on any atom is 0.312 e. The zero-order valence-corrected chi connectivity index (χ0v) is 29.0. The van der Waals surface area contributed by atoms with Gasteiger partial charge >= 0.3 is 5.97 Å². The highest BCUT2D eigenvalue weighted by Gasteiger charge is 2.72. The van der Waals surface area contributed by atoms with Gasteiger partial charge in [0, 0.05) is 27.7 Å². The van der Waals surface area contributed by atoms with Crippen molar-refractivity contribution in [1.82, 2.24) is 0 Å². The first-order valence-electron chi connectivity index (χ1n) is 16.6. The number of carbonyl (C=O) groups excluding carboxylic acids is 4. The molecule has 0 aromatic carbocycles. The van der Waals surface area contributed by atoms with Crippen molar-refractivity contribution >= 4 is 33.2 Å². The van der Waals surface area contributed by atoms with Gasteiger partial charge < -0.3 is 4.74 Å². The first kappa shape index (κ1) is 33.3. The van der Waals surface area contributed by atoms with Crippen LogP contribution in [0.15, 0.2) is 22.6 Å². The third-order valence-corrected chi connectivity index (χ3v) is 15.1. The topological polar surface area (TPSA) is 112 Å². The van der Waals surface area contributed by atoms with Crippen LogP contribution in [0.1, 0.15) is 113 Å². The van der Waals surface area contributed by atoms with Gasteiger partial charge in [-0.1, -0.05) is 61.8 Å². The van der Waals surface area contributed by atoms with E-state index in [2.05, 4.69) is 27.7 Å². The molecule has 0 bridgehead atoms. The van der Waals surface area contributed by atoms with Crippen LogP contribution < -0.4 is 0 Å². The maximum absolute atomic E-state index is 14.7. The number of esters is 1.